The monoisotopic (exact) mass is 331 g/mol. The Bertz CT molecular complexity index is 798. The minimum atomic E-state index is -1.11. The third kappa shape index (κ3) is 3.60. The number of ether oxygens (including phenoxy) is 1. The minimum Gasteiger partial charge on any atom is -0.494 e. The molecule has 1 heterocycles. The Balaban J connectivity index is 2.34. The molecule has 0 saturated carbocycles. The third-order valence-electron chi connectivity index (χ3n) is 3.57. The van der Waals surface area contributed by atoms with E-state index in [9.17, 15) is 14.4 Å². The summed E-state index contributed by atoms with van der Waals surface area (Å²) in [6.07, 6.45) is 1.96. The zero-order valence-corrected chi connectivity index (χ0v) is 13.2. The fourth-order valence-corrected chi connectivity index (χ4v) is 2.29. The Morgan fingerprint density at radius 2 is 2.08 bits per heavy atom. The quantitative estimate of drug-likeness (QED) is 0.701. The zero-order valence-electron chi connectivity index (χ0n) is 13.2. The molecule has 2 aromatic rings. The molecule has 24 heavy (non-hydrogen) atoms. The summed E-state index contributed by atoms with van der Waals surface area (Å²) in [6, 6.07) is 5.81. The van der Waals surface area contributed by atoms with Gasteiger partial charge in [-0.1, -0.05) is 24.3 Å². The lowest BCUT2D eigenvalue weighted by Crippen LogP contribution is -2.37. The molecule has 126 valence electrons. The van der Waals surface area contributed by atoms with Gasteiger partial charge in [0, 0.05) is 13.5 Å². The molecule has 1 aromatic heterocycles. The summed E-state index contributed by atoms with van der Waals surface area (Å²) in [6.45, 7) is 0. The topological polar surface area (TPSA) is 111 Å². The molecule has 0 radical (unpaired) electrons. The van der Waals surface area contributed by atoms with Gasteiger partial charge in [-0.15, -0.1) is 0 Å². The molecule has 0 spiro atoms. The van der Waals surface area contributed by atoms with Crippen molar-refractivity contribution in [3.63, 3.8) is 0 Å². The fourth-order valence-electron chi connectivity index (χ4n) is 2.29. The minimum absolute atomic E-state index is 0.139. The smallest absolute Gasteiger partial charge is 0.326 e. The van der Waals surface area contributed by atoms with Gasteiger partial charge >= 0.3 is 5.97 Å². The number of rotatable bonds is 7. The highest BCUT2D eigenvalue weighted by atomic mass is 16.5. The van der Waals surface area contributed by atoms with Gasteiger partial charge in [0.25, 0.3) is 5.56 Å². The molecule has 1 amide bonds. The predicted molar refractivity (Wildman–Crippen MR) is 85.8 cm³/mol. The lowest BCUT2D eigenvalue weighted by atomic mass is 10.0. The van der Waals surface area contributed by atoms with E-state index in [0.29, 0.717) is 28.8 Å². The molecule has 2 rings (SSSR count). The van der Waals surface area contributed by atoms with Crippen molar-refractivity contribution in [3.8, 4) is 16.9 Å². The van der Waals surface area contributed by atoms with E-state index in [0.717, 1.165) is 0 Å². The van der Waals surface area contributed by atoms with E-state index in [4.69, 9.17) is 9.84 Å². The van der Waals surface area contributed by atoms with Crippen LogP contribution >= 0.6 is 0 Å². The second-order valence-electron chi connectivity index (χ2n) is 5.09. The summed E-state index contributed by atoms with van der Waals surface area (Å²) in [4.78, 5) is 33.8. The number of carboxylic acid groups (broad SMARTS) is 1. The van der Waals surface area contributed by atoms with Gasteiger partial charge in [0.05, 0.1) is 18.9 Å². The van der Waals surface area contributed by atoms with E-state index < -0.39 is 12.0 Å². The van der Waals surface area contributed by atoms with Crippen LogP contribution in [0.5, 0.6) is 5.75 Å². The number of aryl methyl sites for hydroxylation is 1. The highest BCUT2D eigenvalue weighted by Gasteiger charge is 2.17. The first-order valence-corrected chi connectivity index (χ1v) is 7.10. The summed E-state index contributed by atoms with van der Waals surface area (Å²) >= 11 is 0. The molecule has 0 aliphatic rings. The second-order valence-corrected chi connectivity index (χ2v) is 5.09. The molecule has 1 aromatic carbocycles. The van der Waals surface area contributed by atoms with Gasteiger partial charge in [-0.3, -0.25) is 9.59 Å². The number of aromatic nitrogens is 2. The van der Waals surface area contributed by atoms with Crippen LogP contribution in [-0.4, -0.2) is 40.4 Å². The molecule has 8 heteroatoms. The Labute approximate surface area is 137 Å². The Morgan fingerprint density at radius 1 is 1.42 bits per heavy atom. The molecule has 2 N–H and O–H groups in total. The van der Waals surface area contributed by atoms with Crippen LogP contribution in [0.1, 0.15) is 5.56 Å². The van der Waals surface area contributed by atoms with Crippen molar-refractivity contribution >= 4 is 12.4 Å². The summed E-state index contributed by atoms with van der Waals surface area (Å²) in [5, 5.41) is 15.2. The number of aliphatic carboxylic acids is 1. The number of carboxylic acids is 1. The van der Waals surface area contributed by atoms with Crippen molar-refractivity contribution < 1.29 is 19.4 Å². The number of nitrogens with zero attached hydrogens (tertiary/aromatic N) is 2. The first-order chi connectivity index (χ1) is 11.5. The highest BCUT2D eigenvalue weighted by molar-refractivity contribution is 5.76. The van der Waals surface area contributed by atoms with Crippen molar-refractivity contribution in [1.29, 1.82) is 0 Å². The van der Waals surface area contributed by atoms with Gasteiger partial charge in [-0.2, -0.15) is 5.10 Å². The number of hydrogen-bond donors (Lipinski definition) is 2. The number of carbonyl (C=O) groups is 2. The molecular weight excluding hydrogens is 314 g/mol. The molecule has 0 saturated heterocycles. The lowest BCUT2D eigenvalue weighted by molar-refractivity contribution is -0.140. The van der Waals surface area contributed by atoms with Crippen molar-refractivity contribution in [2.24, 2.45) is 7.05 Å². The fraction of sp³-hybridized carbons (Fsp3) is 0.250. The SMILES string of the molecule is COc1cnn(C)c(=O)c1-c1ccc(CC(NC=O)C(=O)O)cc1. The normalized spacial score (nSPS) is 11.6. The Hall–Kier alpha value is -3.16. The van der Waals surface area contributed by atoms with Crippen LogP contribution in [0.4, 0.5) is 0 Å². The largest absolute Gasteiger partial charge is 0.494 e. The molecule has 1 unspecified atom stereocenters. The van der Waals surface area contributed by atoms with Gasteiger partial charge < -0.3 is 15.2 Å². The average Bonchev–Trinajstić information content (AvgIpc) is 2.57. The van der Waals surface area contributed by atoms with Gasteiger partial charge in [0.1, 0.15) is 6.04 Å². The average molecular weight is 331 g/mol. The maximum atomic E-state index is 12.3. The molecule has 0 aliphatic heterocycles. The molecule has 1 atom stereocenters. The zero-order chi connectivity index (χ0) is 17.7. The molecule has 8 nitrogen and oxygen atoms in total. The maximum Gasteiger partial charge on any atom is 0.326 e. The Kier molecular flexibility index (Phi) is 5.31. The van der Waals surface area contributed by atoms with Gasteiger partial charge in [-0.05, 0) is 11.1 Å². The first kappa shape index (κ1) is 17.2. The molecule has 0 bridgehead atoms. The summed E-state index contributed by atoms with van der Waals surface area (Å²) < 4.78 is 6.40. The second kappa shape index (κ2) is 7.40. The summed E-state index contributed by atoms with van der Waals surface area (Å²) in [5.41, 5.74) is 1.43. The number of benzene rings is 1. The third-order valence-corrected chi connectivity index (χ3v) is 3.57. The van der Waals surface area contributed by atoms with Crippen molar-refractivity contribution in [2.45, 2.75) is 12.5 Å². The van der Waals surface area contributed by atoms with Crippen molar-refractivity contribution in [1.82, 2.24) is 15.1 Å². The van der Waals surface area contributed by atoms with E-state index in [-0.39, 0.29) is 12.0 Å². The number of amides is 1. The van der Waals surface area contributed by atoms with E-state index in [1.54, 1.807) is 31.3 Å². The van der Waals surface area contributed by atoms with Crippen LogP contribution in [0.3, 0.4) is 0 Å². The van der Waals surface area contributed by atoms with Crippen molar-refractivity contribution in [2.75, 3.05) is 7.11 Å². The summed E-state index contributed by atoms with van der Waals surface area (Å²) in [5.74, 6) is -0.757. The van der Waals surface area contributed by atoms with Crippen molar-refractivity contribution in [3.05, 3.63) is 46.4 Å². The van der Waals surface area contributed by atoms with E-state index >= 15 is 0 Å². The molecule has 0 aliphatic carbocycles. The number of nitrogens with one attached hydrogen (secondary N) is 1. The van der Waals surface area contributed by atoms with Crippen LogP contribution in [0.25, 0.3) is 11.1 Å². The number of hydrogen-bond acceptors (Lipinski definition) is 5. The van der Waals surface area contributed by atoms with Crippen LogP contribution in [0.15, 0.2) is 35.3 Å². The standard InChI is InChI=1S/C16H17N3O5/c1-19-15(21)14(13(24-2)8-18-19)11-5-3-10(4-6-11)7-12(16(22)23)17-9-20/h3-6,8-9,12H,7H2,1-2H3,(H,17,20)(H,22,23). The van der Waals surface area contributed by atoms with Crippen LogP contribution in [-0.2, 0) is 23.1 Å². The van der Waals surface area contributed by atoms with Crippen LogP contribution in [0, 0.1) is 0 Å². The van der Waals surface area contributed by atoms with E-state index in [1.807, 2.05) is 0 Å². The van der Waals surface area contributed by atoms with E-state index in [1.165, 1.54) is 18.0 Å². The highest BCUT2D eigenvalue weighted by Crippen LogP contribution is 2.25. The first-order valence-electron chi connectivity index (χ1n) is 7.10. The van der Waals surface area contributed by atoms with Gasteiger partial charge in [-0.25, -0.2) is 9.48 Å². The predicted octanol–water partition coefficient (Wildman–Crippen LogP) is 0.198. The summed E-state index contributed by atoms with van der Waals surface area (Å²) in [7, 11) is 3.00. The van der Waals surface area contributed by atoms with Gasteiger partial charge in [0.2, 0.25) is 6.41 Å². The Morgan fingerprint density at radius 3 is 2.62 bits per heavy atom. The van der Waals surface area contributed by atoms with Crippen LogP contribution < -0.4 is 15.6 Å². The molecule has 0 fully saturated rings. The number of carbonyl (C=O) groups excluding carboxylic acids is 1. The van der Waals surface area contributed by atoms with E-state index in [2.05, 4.69) is 10.4 Å². The van der Waals surface area contributed by atoms with Gasteiger partial charge in [0.15, 0.2) is 5.75 Å². The lowest BCUT2D eigenvalue weighted by Gasteiger charge is -2.12. The van der Waals surface area contributed by atoms with Crippen LogP contribution in [0.2, 0.25) is 0 Å². The maximum absolute atomic E-state index is 12.3. The molecular formula is C16H17N3O5. The number of methoxy groups -OCH3 is 1.